The molecule has 2 saturated heterocycles. The molecule has 0 aromatic carbocycles. The second-order valence-electron chi connectivity index (χ2n) is 13.9. The zero-order chi connectivity index (χ0) is 21.5. The van der Waals surface area contributed by atoms with E-state index in [9.17, 15) is 0 Å². The molecule has 4 aliphatic carbocycles. The Balaban J connectivity index is 1.25. The molecule has 1 N–H and O–H groups in total. The molecule has 0 unspecified atom stereocenters. The van der Waals surface area contributed by atoms with Crippen molar-refractivity contribution in [3.05, 3.63) is 0 Å². The van der Waals surface area contributed by atoms with Crippen molar-refractivity contribution in [2.75, 3.05) is 13.1 Å². The van der Waals surface area contributed by atoms with Gasteiger partial charge in [0, 0.05) is 24.7 Å². The molecule has 12 atom stereocenters. The van der Waals surface area contributed by atoms with Crippen molar-refractivity contribution in [2.45, 2.75) is 117 Å². The average Bonchev–Trinajstić information content (AvgIpc) is 3.21. The molecule has 0 amide bonds. The number of rotatable bonds is 2. The number of nitrogens with one attached hydrogen (secondary N) is 1. The van der Waals surface area contributed by atoms with Crippen LogP contribution in [0.2, 0.25) is 0 Å². The van der Waals surface area contributed by atoms with Crippen molar-refractivity contribution in [3.8, 4) is 0 Å². The van der Waals surface area contributed by atoms with Crippen molar-refractivity contribution in [2.24, 2.45) is 52.3 Å². The van der Waals surface area contributed by atoms with E-state index in [-0.39, 0.29) is 0 Å². The van der Waals surface area contributed by atoms with Crippen LogP contribution in [0.1, 0.15) is 98.8 Å². The molecule has 4 saturated carbocycles. The standard InChI is InChI=1S/C29H50N2/c1-6-30-21-11-13-28(4)20(15-21)8-9-22-23(28)12-14-29(5)24(22)16-26-27(29)19(3)25-10-7-18(2)17-31(25)26/h18-27,30H,6-17H2,1-5H3/t18-,19+,20-,21-,22+,23-,24-,25+,26-,27-,28-,29-/m0/s1. The van der Waals surface area contributed by atoms with Crippen molar-refractivity contribution >= 4 is 0 Å². The third kappa shape index (κ3) is 2.95. The zero-order valence-electron chi connectivity index (χ0n) is 21.2. The second-order valence-corrected chi connectivity index (χ2v) is 13.9. The summed E-state index contributed by atoms with van der Waals surface area (Å²) in [6.07, 6.45) is 15.1. The fourth-order valence-corrected chi connectivity index (χ4v) is 11.5. The summed E-state index contributed by atoms with van der Waals surface area (Å²) in [4.78, 5) is 3.07. The molecule has 0 aromatic heterocycles. The summed E-state index contributed by atoms with van der Waals surface area (Å²) in [6, 6.07) is 2.64. The van der Waals surface area contributed by atoms with E-state index in [1.54, 1.807) is 25.7 Å². The third-order valence-corrected chi connectivity index (χ3v) is 12.8. The molecule has 2 nitrogen and oxygen atoms in total. The van der Waals surface area contributed by atoms with E-state index < -0.39 is 0 Å². The normalized spacial score (nSPS) is 58.7. The van der Waals surface area contributed by atoms with Crippen LogP contribution in [0.15, 0.2) is 0 Å². The molecule has 6 rings (SSSR count). The highest BCUT2D eigenvalue weighted by atomic mass is 15.2. The fraction of sp³-hybridized carbons (Fsp3) is 1.00. The molecule has 0 radical (unpaired) electrons. The van der Waals surface area contributed by atoms with Crippen LogP contribution in [0.4, 0.5) is 0 Å². The summed E-state index contributed by atoms with van der Waals surface area (Å²) in [7, 11) is 0. The van der Waals surface area contributed by atoms with E-state index in [0.29, 0.717) is 10.8 Å². The Kier molecular flexibility index (Phi) is 5.16. The largest absolute Gasteiger partial charge is 0.314 e. The molecule has 0 spiro atoms. The van der Waals surface area contributed by atoms with Gasteiger partial charge in [-0.2, -0.15) is 0 Å². The lowest BCUT2D eigenvalue weighted by molar-refractivity contribution is -0.118. The van der Waals surface area contributed by atoms with Gasteiger partial charge in [-0.05, 0) is 123 Å². The summed E-state index contributed by atoms with van der Waals surface area (Å²) in [6.45, 7) is 15.6. The number of fused-ring (bicyclic) bond motifs is 9. The predicted molar refractivity (Wildman–Crippen MR) is 130 cm³/mol. The molecule has 0 bridgehead atoms. The number of hydrogen-bond acceptors (Lipinski definition) is 2. The van der Waals surface area contributed by atoms with Gasteiger partial charge in [-0.25, -0.2) is 0 Å². The van der Waals surface area contributed by atoms with Gasteiger partial charge in [-0.15, -0.1) is 0 Å². The van der Waals surface area contributed by atoms with E-state index >= 15 is 0 Å². The summed E-state index contributed by atoms with van der Waals surface area (Å²) in [5.41, 5.74) is 1.28. The van der Waals surface area contributed by atoms with E-state index in [2.05, 4.69) is 44.8 Å². The van der Waals surface area contributed by atoms with Gasteiger partial charge in [0.15, 0.2) is 0 Å². The van der Waals surface area contributed by atoms with Gasteiger partial charge in [-0.3, -0.25) is 4.90 Å². The van der Waals surface area contributed by atoms with Crippen LogP contribution in [0.3, 0.4) is 0 Å². The van der Waals surface area contributed by atoms with Crippen LogP contribution in [-0.4, -0.2) is 36.1 Å². The van der Waals surface area contributed by atoms with Gasteiger partial charge in [0.2, 0.25) is 0 Å². The molecular formula is C29H50N2. The highest BCUT2D eigenvalue weighted by Gasteiger charge is 2.66. The fourth-order valence-electron chi connectivity index (χ4n) is 11.5. The predicted octanol–water partition coefficient (Wildman–Crippen LogP) is 6.35. The molecule has 6 fully saturated rings. The molecule has 176 valence electrons. The molecule has 31 heavy (non-hydrogen) atoms. The maximum Gasteiger partial charge on any atom is 0.0138 e. The van der Waals surface area contributed by atoms with Crippen molar-refractivity contribution in [1.82, 2.24) is 10.2 Å². The quantitative estimate of drug-likeness (QED) is 0.553. The van der Waals surface area contributed by atoms with Gasteiger partial charge in [0.1, 0.15) is 0 Å². The topological polar surface area (TPSA) is 15.3 Å². The first-order valence-corrected chi connectivity index (χ1v) is 14.4. The monoisotopic (exact) mass is 426 g/mol. The van der Waals surface area contributed by atoms with E-state index in [4.69, 9.17) is 0 Å². The first kappa shape index (κ1) is 21.5. The maximum absolute atomic E-state index is 3.81. The summed E-state index contributed by atoms with van der Waals surface area (Å²) >= 11 is 0. The summed E-state index contributed by atoms with van der Waals surface area (Å²) < 4.78 is 0. The Morgan fingerprint density at radius 1 is 0.839 bits per heavy atom. The molecule has 2 heterocycles. The van der Waals surface area contributed by atoms with Gasteiger partial charge in [-0.1, -0.05) is 34.6 Å². The minimum absolute atomic E-state index is 0.635. The van der Waals surface area contributed by atoms with Crippen LogP contribution in [0, 0.1) is 52.3 Å². The van der Waals surface area contributed by atoms with Crippen LogP contribution in [0.25, 0.3) is 0 Å². The van der Waals surface area contributed by atoms with Gasteiger partial charge < -0.3 is 5.32 Å². The molecule has 6 aliphatic rings. The Labute approximate surface area is 192 Å². The molecule has 0 aromatic rings. The highest BCUT2D eigenvalue weighted by Crippen LogP contribution is 2.70. The van der Waals surface area contributed by atoms with Gasteiger partial charge in [0.05, 0.1) is 0 Å². The number of nitrogens with zero attached hydrogens (tertiary/aromatic N) is 1. The van der Waals surface area contributed by atoms with Crippen LogP contribution >= 0.6 is 0 Å². The molecule has 2 heteroatoms. The molecule has 2 aliphatic heterocycles. The maximum atomic E-state index is 3.81. The molecular weight excluding hydrogens is 376 g/mol. The minimum atomic E-state index is 0.635. The van der Waals surface area contributed by atoms with Gasteiger partial charge >= 0.3 is 0 Å². The second kappa shape index (κ2) is 7.46. The Bertz CT molecular complexity index is 690. The lowest BCUT2D eigenvalue weighted by atomic mass is 9.44. The Morgan fingerprint density at radius 2 is 1.65 bits per heavy atom. The smallest absolute Gasteiger partial charge is 0.0138 e. The van der Waals surface area contributed by atoms with Gasteiger partial charge in [0.25, 0.3) is 0 Å². The van der Waals surface area contributed by atoms with E-state index in [1.807, 2.05) is 0 Å². The average molecular weight is 427 g/mol. The Hall–Kier alpha value is -0.0800. The van der Waals surface area contributed by atoms with Crippen molar-refractivity contribution in [1.29, 1.82) is 0 Å². The first-order valence-electron chi connectivity index (χ1n) is 14.4. The van der Waals surface area contributed by atoms with Crippen molar-refractivity contribution < 1.29 is 0 Å². The van der Waals surface area contributed by atoms with Crippen LogP contribution < -0.4 is 5.32 Å². The SMILES string of the molecule is CCN[C@H]1CC[C@@]2(C)[C@@H](CC[C@@H]3[C@@H]2CC[C@]2(C)[C@H]4[C@H](C)[C@H]5CC[C@H](C)CN5[C@H]4C[C@@H]32)C1. The van der Waals surface area contributed by atoms with Crippen LogP contribution in [-0.2, 0) is 0 Å². The van der Waals surface area contributed by atoms with Crippen molar-refractivity contribution in [3.63, 3.8) is 0 Å². The zero-order valence-corrected chi connectivity index (χ0v) is 21.2. The lowest BCUT2D eigenvalue weighted by Gasteiger charge is -2.61. The third-order valence-electron chi connectivity index (χ3n) is 12.8. The first-order chi connectivity index (χ1) is 14.9. The van der Waals surface area contributed by atoms with E-state index in [1.165, 1.54) is 45.1 Å². The highest BCUT2D eigenvalue weighted by molar-refractivity contribution is 5.17. The lowest BCUT2D eigenvalue weighted by Crippen LogP contribution is -2.55. The van der Waals surface area contributed by atoms with E-state index in [0.717, 1.165) is 66.1 Å². The number of piperidine rings is 1. The Morgan fingerprint density at radius 3 is 2.45 bits per heavy atom. The number of hydrogen-bond donors (Lipinski definition) is 1. The summed E-state index contributed by atoms with van der Waals surface area (Å²) in [5.74, 6) is 6.92. The minimum Gasteiger partial charge on any atom is -0.314 e. The summed E-state index contributed by atoms with van der Waals surface area (Å²) in [5, 5.41) is 3.81. The van der Waals surface area contributed by atoms with Crippen LogP contribution in [0.5, 0.6) is 0 Å².